The molecule has 81 heavy (non-hydrogen) atoms. The molecule has 0 saturated heterocycles. The molecule has 0 nitrogen and oxygen atoms in total. The lowest BCUT2D eigenvalue weighted by Gasteiger charge is -2.38. The summed E-state index contributed by atoms with van der Waals surface area (Å²) in [5.74, 6) is -110. The van der Waals surface area contributed by atoms with Gasteiger partial charge in [-0.2, -0.15) is 0 Å². The average molecular weight is 1200 g/mol. The monoisotopic (exact) mass is 1200 g/mol. The zero-order chi connectivity index (χ0) is 60.7. The van der Waals surface area contributed by atoms with Gasteiger partial charge in [0.2, 0.25) is 23.3 Å². The van der Waals surface area contributed by atoms with E-state index < -0.39 is 283 Å². The molecule has 0 unspecified atom stereocenters. The standard InChI is InChI=1S/C49H4F32/c50-9-1-5(13-25(58)37(70)45(78)38(71)26(13)59)21(54)33(66)17(9)49(18-10(51)2-6(22(55)34(18)67)14-27(60)39(72)46(79)40(73)28(14)61,19-11(52)3-7(23(56)35(19)68)15-29(62)41(74)47(80)42(75)30(15)63)20-12(53)4-8(24(57)36(20)69)16-31(64)43(76)48(81)44(77)32(16)65/h1-4H. The molecule has 0 N–H and O–H groups in total. The predicted molar refractivity (Wildman–Crippen MR) is 205 cm³/mol. The molecule has 0 aromatic heterocycles. The fraction of sp³-hybridized carbons (Fsp3) is 0.0204. The summed E-state index contributed by atoms with van der Waals surface area (Å²) < 4.78 is 497. The van der Waals surface area contributed by atoms with Gasteiger partial charge in [0.05, 0.1) is 27.7 Å². The lowest BCUT2D eigenvalue weighted by atomic mass is 9.62. The average Bonchev–Trinajstić information content (AvgIpc) is 3.60. The summed E-state index contributed by atoms with van der Waals surface area (Å²) >= 11 is 0. The van der Waals surface area contributed by atoms with Crippen LogP contribution in [-0.2, 0) is 5.41 Å². The van der Waals surface area contributed by atoms with Gasteiger partial charge in [0, 0.05) is 44.5 Å². The minimum Gasteiger partial charge on any atom is -0.207 e. The molecule has 8 aromatic carbocycles. The minimum atomic E-state index is -6.32. The van der Waals surface area contributed by atoms with Crippen molar-refractivity contribution >= 4 is 0 Å². The van der Waals surface area contributed by atoms with Crippen LogP contribution in [-0.4, -0.2) is 0 Å². The van der Waals surface area contributed by atoms with Crippen LogP contribution in [0, 0.1) is 186 Å². The largest absolute Gasteiger partial charge is 0.207 e. The van der Waals surface area contributed by atoms with Gasteiger partial charge in [-0.15, -0.1) is 0 Å². The van der Waals surface area contributed by atoms with Crippen LogP contribution in [0.2, 0.25) is 0 Å². The Morgan fingerprint density at radius 2 is 0.272 bits per heavy atom. The number of benzene rings is 8. The van der Waals surface area contributed by atoms with Gasteiger partial charge in [-0.25, -0.2) is 140 Å². The van der Waals surface area contributed by atoms with Crippen molar-refractivity contribution in [2.75, 3.05) is 0 Å². The van der Waals surface area contributed by atoms with Gasteiger partial charge < -0.3 is 0 Å². The summed E-state index contributed by atoms with van der Waals surface area (Å²) in [4.78, 5) is 0. The van der Waals surface area contributed by atoms with Crippen molar-refractivity contribution in [3.05, 3.63) is 233 Å². The first kappa shape index (κ1) is 58.7. The minimum absolute atomic E-state index is 1.28. The van der Waals surface area contributed by atoms with Crippen molar-refractivity contribution in [2.45, 2.75) is 5.41 Å². The van der Waals surface area contributed by atoms with Crippen molar-refractivity contribution < 1.29 is 140 Å². The molecule has 0 bridgehead atoms. The van der Waals surface area contributed by atoms with Gasteiger partial charge in [-0.1, -0.05) is 0 Å². The Hall–Kier alpha value is -8.48. The topological polar surface area (TPSA) is 0 Å². The SMILES string of the molecule is Fc1cc(-c2c(F)c(F)c(F)c(F)c2F)c(F)c(F)c1C(c1c(F)cc(-c2c(F)c(F)c(F)c(F)c2F)c(F)c1F)(c1c(F)cc(-c2c(F)c(F)c(F)c(F)c2F)c(F)c1F)c1c(F)cc(-c2c(F)c(F)c(F)c(F)c2F)c(F)c1F. The van der Waals surface area contributed by atoms with Crippen molar-refractivity contribution in [2.24, 2.45) is 0 Å². The molecule has 0 aliphatic heterocycles. The number of hydrogen-bond acceptors (Lipinski definition) is 0. The maximum absolute atomic E-state index is 17.3. The Labute approximate surface area is 422 Å². The van der Waals surface area contributed by atoms with E-state index in [2.05, 4.69) is 0 Å². The Balaban J connectivity index is 1.71. The normalized spacial score (nSPS) is 12.0. The lowest BCUT2D eigenvalue weighted by molar-refractivity contribution is 0.376. The Kier molecular flexibility index (Phi) is 14.4. The summed E-state index contributed by atoms with van der Waals surface area (Å²) in [6, 6.07) is -5.11. The van der Waals surface area contributed by atoms with E-state index in [9.17, 15) is 52.7 Å². The fourth-order valence-corrected chi connectivity index (χ4v) is 8.60. The summed E-state index contributed by atoms with van der Waals surface area (Å²) in [7, 11) is 0. The highest BCUT2D eigenvalue weighted by Gasteiger charge is 2.56. The van der Waals surface area contributed by atoms with Crippen LogP contribution in [0.3, 0.4) is 0 Å². The summed E-state index contributed by atoms with van der Waals surface area (Å²) in [6.07, 6.45) is 0. The fourth-order valence-electron chi connectivity index (χ4n) is 8.60. The Morgan fingerprint density at radius 1 is 0.148 bits per heavy atom. The third-order valence-electron chi connectivity index (χ3n) is 12.1. The van der Waals surface area contributed by atoms with Gasteiger partial charge in [0.15, 0.2) is 140 Å². The summed E-state index contributed by atoms with van der Waals surface area (Å²) in [5, 5.41) is 0. The molecule has 0 atom stereocenters. The molecular weight excluding hydrogens is 1200 g/mol. The van der Waals surface area contributed by atoms with Gasteiger partial charge in [0.25, 0.3) is 0 Å². The molecule has 0 radical (unpaired) electrons. The number of halogens is 32. The Bertz CT molecular complexity index is 3500. The first-order chi connectivity index (χ1) is 37.6. The predicted octanol–water partition coefficient (Wildman–Crippen LogP) is 17.2. The van der Waals surface area contributed by atoms with E-state index in [0.29, 0.717) is 0 Å². The lowest BCUT2D eigenvalue weighted by Crippen LogP contribution is -2.40. The van der Waals surface area contributed by atoms with E-state index in [0.717, 1.165) is 0 Å². The zero-order valence-corrected chi connectivity index (χ0v) is 36.9. The second-order valence-corrected chi connectivity index (χ2v) is 16.2. The van der Waals surface area contributed by atoms with E-state index in [1.54, 1.807) is 0 Å². The first-order valence-electron chi connectivity index (χ1n) is 20.4. The molecular formula is C49H4F32. The summed E-state index contributed by atoms with van der Waals surface area (Å²) in [5.41, 5.74) is -43.9. The highest BCUT2D eigenvalue weighted by molar-refractivity contribution is 5.76. The van der Waals surface area contributed by atoms with Crippen molar-refractivity contribution in [1.29, 1.82) is 0 Å². The van der Waals surface area contributed by atoms with E-state index in [1.165, 1.54) is 0 Å². The molecule has 424 valence electrons. The molecule has 0 aliphatic carbocycles. The highest BCUT2D eigenvalue weighted by Crippen LogP contribution is 2.56. The van der Waals surface area contributed by atoms with Gasteiger partial charge in [-0.3, -0.25) is 0 Å². The smallest absolute Gasteiger partial charge is 0.200 e. The molecule has 32 heteroatoms. The van der Waals surface area contributed by atoms with Gasteiger partial charge >= 0.3 is 0 Å². The van der Waals surface area contributed by atoms with Crippen LogP contribution in [0.1, 0.15) is 22.3 Å². The van der Waals surface area contributed by atoms with E-state index in [1.807, 2.05) is 0 Å². The second-order valence-electron chi connectivity index (χ2n) is 16.2. The third kappa shape index (κ3) is 8.03. The molecule has 0 aliphatic rings. The molecule has 0 heterocycles. The van der Waals surface area contributed by atoms with Crippen molar-refractivity contribution in [3.8, 4) is 44.5 Å². The highest BCUT2D eigenvalue weighted by atomic mass is 19.2. The maximum Gasteiger partial charge on any atom is 0.200 e. The quantitative estimate of drug-likeness (QED) is 0.0616. The van der Waals surface area contributed by atoms with Crippen LogP contribution < -0.4 is 0 Å². The van der Waals surface area contributed by atoms with Gasteiger partial charge in [-0.05, 0) is 24.3 Å². The van der Waals surface area contributed by atoms with Gasteiger partial charge in [0.1, 0.15) is 23.3 Å². The molecule has 0 spiro atoms. The molecule has 0 saturated carbocycles. The van der Waals surface area contributed by atoms with Crippen molar-refractivity contribution in [3.63, 3.8) is 0 Å². The second kappa shape index (κ2) is 20.0. The molecule has 8 rings (SSSR count). The summed E-state index contributed by atoms with van der Waals surface area (Å²) in [6.45, 7) is 0. The van der Waals surface area contributed by atoms with Crippen LogP contribution in [0.4, 0.5) is 140 Å². The Morgan fingerprint density at radius 3 is 0.407 bits per heavy atom. The molecule has 8 aromatic rings. The van der Waals surface area contributed by atoms with Crippen molar-refractivity contribution in [1.82, 2.24) is 0 Å². The van der Waals surface area contributed by atoms with Crippen LogP contribution >= 0.6 is 0 Å². The van der Waals surface area contributed by atoms with Crippen LogP contribution in [0.15, 0.2) is 24.3 Å². The van der Waals surface area contributed by atoms with E-state index >= 15 is 87.8 Å². The van der Waals surface area contributed by atoms with E-state index in [-0.39, 0.29) is 0 Å². The number of rotatable bonds is 8. The maximum atomic E-state index is 17.3. The van der Waals surface area contributed by atoms with Crippen LogP contribution in [0.25, 0.3) is 44.5 Å². The van der Waals surface area contributed by atoms with Crippen LogP contribution in [0.5, 0.6) is 0 Å². The third-order valence-corrected chi connectivity index (χ3v) is 12.1. The zero-order valence-electron chi connectivity index (χ0n) is 36.9. The first-order valence-corrected chi connectivity index (χ1v) is 20.4. The van der Waals surface area contributed by atoms with E-state index in [4.69, 9.17) is 0 Å². The molecule has 0 amide bonds. The number of hydrogen-bond donors (Lipinski definition) is 0. The molecule has 0 fully saturated rings.